The monoisotopic (exact) mass is 388 g/mol. The lowest BCUT2D eigenvalue weighted by atomic mass is 10.1. The minimum atomic E-state index is -0.703. The number of hydrogen-bond donors (Lipinski definition) is 0. The number of methoxy groups -OCH3 is 2. The molecule has 0 radical (unpaired) electrons. The fraction of sp³-hybridized carbons (Fsp3) is 0.111. The molecule has 3 rings (SSSR count). The maximum Gasteiger partial charge on any atom is 0.363 e. The van der Waals surface area contributed by atoms with Crippen LogP contribution in [0.4, 0.5) is 5.69 Å². The van der Waals surface area contributed by atoms with Gasteiger partial charge in [0.25, 0.3) is 5.69 Å². The summed E-state index contributed by atoms with van der Waals surface area (Å²) in [5.41, 5.74) is 0.558. The molecule has 0 bridgehead atoms. The van der Waals surface area contributed by atoms with Crippen LogP contribution in [0.5, 0.6) is 11.5 Å². The van der Waals surface area contributed by atoms with E-state index in [0.717, 1.165) is 0 Å². The van der Waals surface area contributed by atoms with Crippen molar-refractivity contribution in [1.82, 2.24) is 0 Å². The van der Waals surface area contributed by atoms with Gasteiger partial charge >= 0.3 is 5.97 Å². The third-order valence-electron chi connectivity index (χ3n) is 3.74. The molecule has 0 atom stereocenters. The molecular weight excluding hydrogens is 376 g/mol. The highest BCUT2D eigenvalue weighted by molar-refractivity contribution is 6.34. The normalized spacial score (nSPS) is 14.7. The Morgan fingerprint density at radius 1 is 1.19 bits per heavy atom. The lowest BCUT2D eigenvalue weighted by Gasteiger charge is -2.07. The predicted octanol–water partition coefficient (Wildman–Crippen LogP) is 3.61. The van der Waals surface area contributed by atoms with Gasteiger partial charge in [0.05, 0.1) is 29.7 Å². The number of halogens is 1. The van der Waals surface area contributed by atoms with E-state index in [0.29, 0.717) is 17.1 Å². The van der Waals surface area contributed by atoms with Crippen LogP contribution in [-0.2, 0) is 9.53 Å². The molecule has 0 saturated carbocycles. The second kappa shape index (κ2) is 7.46. The number of nitro groups is 1. The summed E-state index contributed by atoms with van der Waals surface area (Å²) < 4.78 is 15.6. The quantitative estimate of drug-likeness (QED) is 0.335. The van der Waals surface area contributed by atoms with Crippen LogP contribution in [0.25, 0.3) is 6.08 Å². The number of nitrogens with zero attached hydrogens (tertiary/aromatic N) is 2. The molecule has 0 spiro atoms. The third kappa shape index (κ3) is 3.75. The molecule has 2 aromatic rings. The van der Waals surface area contributed by atoms with Crippen LogP contribution in [0.1, 0.15) is 11.1 Å². The van der Waals surface area contributed by atoms with Crippen molar-refractivity contribution in [2.75, 3.05) is 14.2 Å². The number of carbonyl (C=O) groups excluding carboxylic acids is 1. The van der Waals surface area contributed by atoms with E-state index >= 15 is 0 Å². The summed E-state index contributed by atoms with van der Waals surface area (Å²) in [7, 11) is 3.02. The van der Waals surface area contributed by atoms with Crippen LogP contribution in [0.15, 0.2) is 47.1 Å². The van der Waals surface area contributed by atoms with Gasteiger partial charge in [-0.05, 0) is 24.3 Å². The van der Waals surface area contributed by atoms with Crippen molar-refractivity contribution >= 4 is 35.2 Å². The van der Waals surface area contributed by atoms with E-state index in [2.05, 4.69) is 4.99 Å². The summed E-state index contributed by atoms with van der Waals surface area (Å²) in [6, 6.07) is 8.87. The number of nitro benzene ring substituents is 1. The summed E-state index contributed by atoms with van der Waals surface area (Å²) in [5.74, 6) is 0.264. The molecule has 1 heterocycles. The first-order valence-electron chi connectivity index (χ1n) is 7.62. The highest BCUT2D eigenvalue weighted by Crippen LogP contribution is 2.30. The smallest absolute Gasteiger partial charge is 0.363 e. The fourth-order valence-corrected chi connectivity index (χ4v) is 2.60. The van der Waals surface area contributed by atoms with Gasteiger partial charge in [0.15, 0.2) is 5.70 Å². The van der Waals surface area contributed by atoms with Crippen molar-refractivity contribution in [3.63, 3.8) is 0 Å². The number of non-ortho nitro benzene ring substituents is 1. The molecule has 9 heteroatoms. The molecule has 1 aliphatic heterocycles. The van der Waals surface area contributed by atoms with Gasteiger partial charge in [-0.25, -0.2) is 9.79 Å². The highest BCUT2D eigenvalue weighted by Gasteiger charge is 2.27. The van der Waals surface area contributed by atoms with Gasteiger partial charge in [-0.3, -0.25) is 10.1 Å². The van der Waals surface area contributed by atoms with Gasteiger partial charge < -0.3 is 14.2 Å². The predicted molar refractivity (Wildman–Crippen MR) is 98.3 cm³/mol. The highest BCUT2D eigenvalue weighted by atomic mass is 35.5. The van der Waals surface area contributed by atoms with Gasteiger partial charge in [0.1, 0.15) is 11.5 Å². The van der Waals surface area contributed by atoms with E-state index in [1.807, 2.05) is 0 Å². The van der Waals surface area contributed by atoms with E-state index in [1.54, 1.807) is 18.2 Å². The van der Waals surface area contributed by atoms with E-state index in [9.17, 15) is 14.9 Å². The average Bonchev–Trinajstić information content (AvgIpc) is 3.02. The minimum Gasteiger partial charge on any atom is -0.497 e. The van der Waals surface area contributed by atoms with Gasteiger partial charge in [0.2, 0.25) is 5.90 Å². The first kappa shape index (κ1) is 18.4. The van der Waals surface area contributed by atoms with E-state index < -0.39 is 10.9 Å². The van der Waals surface area contributed by atoms with Crippen molar-refractivity contribution < 1.29 is 23.9 Å². The molecular formula is C18H13ClN2O6. The topological polar surface area (TPSA) is 100 Å². The number of rotatable bonds is 5. The number of esters is 1. The van der Waals surface area contributed by atoms with Crippen LogP contribution >= 0.6 is 11.6 Å². The van der Waals surface area contributed by atoms with Crippen molar-refractivity contribution in [2.24, 2.45) is 4.99 Å². The molecule has 0 unspecified atom stereocenters. The van der Waals surface area contributed by atoms with E-state index in [4.69, 9.17) is 25.8 Å². The Hall–Kier alpha value is -3.39. The Morgan fingerprint density at radius 3 is 2.63 bits per heavy atom. The summed E-state index contributed by atoms with van der Waals surface area (Å²) in [6.45, 7) is 0. The molecule has 0 saturated heterocycles. The first-order chi connectivity index (χ1) is 12.9. The summed E-state index contributed by atoms with van der Waals surface area (Å²) in [5, 5.41) is 11.1. The number of cyclic esters (lactones) is 1. The summed E-state index contributed by atoms with van der Waals surface area (Å²) in [6.07, 6.45) is 1.48. The molecule has 138 valence electrons. The van der Waals surface area contributed by atoms with Gasteiger partial charge in [-0.15, -0.1) is 0 Å². The molecule has 0 N–H and O–H groups in total. The molecule has 2 aromatic carbocycles. The van der Waals surface area contributed by atoms with E-state index in [1.165, 1.54) is 38.5 Å². The van der Waals surface area contributed by atoms with Crippen LogP contribution in [-0.4, -0.2) is 31.0 Å². The Kier molecular flexibility index (Phi) is 5.09. The molecule has 0 fully saturated rings. The zero-order chi connectivity index (χ0) is 19.6. The minimum absolute atomic E-state index is 0.0102. The molecule has 0 aliphatic carbocycles. The number of benzene rings is 2. The van der Waals surface area contributed by atoms with Crippen LogP contribution < -0.4 is 9.47 Å². The maximum absolute atomic E-state index is 12.2. The Labute approximate surface area is 158 Å². The Balaban J connectivity index is 2.01. The number of hydrogen-bond acceptors (Lipinski definition) is 7. The van der Waals surface area contributed by atoms with Crippen molar-refractivity contribution in [1.29, 1.82) is 0 Å². The number of aliphatic imine (C=N–C) groups is 1. The van der Waals surface area contributed by atoms with Gasteiger partial charge in [-0.2, -0.15) is 0 Å². The summed E-state index contributed by atoms with van der Waals surface area (Å²) in [4.78, 5) is 26.7. The first-order valence-corrected chi connectivity index (χ1v) is 7.99. The SMILES string of the molecule is COc1ccc(/C=C2/N=C(c3cc([N+](=O)[O-])ccc3Cl)OC2=O)c(OC)c1. The second-order valence-corrected chi connectivity index (χ2v) is 5.77. The number of carbonyl (C=O) groups is 1. The molecule has 0 amide bonds. The lowest BCUT2D eigenvalue weighted by Crippen LogP contribution is -2.06. The molecule has 1 aliphatic rings. The van der Waals surface area contributed by atoms with Crippen LogP contribution in [0.3, 0.4) is 0 Å². The Morgan fingerprint density at radius 2 is 1.96 bits per heavy atom. The standard InChI is InChI=1S/C18H13ClN2O6/c1-25-12-5-3-10(16(9-12)26-2)7-15-18(22)27-17(20-15)13-8-11(21(23)24)4-6-14(13)19/h3-9H,1-2H3/b15-7+. The zero-order valence-electron chi connectivity index (χ0n) is 14.3. The largest absolute Gasteiger partial charge is 0.497 e. The third-order valence-corrected chi connectivity index (χ3v) is 4.07. The van der Waals surface area contributed by atoms with Crippen molar-refractivity contribution in [3.8, 4) is 11.5 Å². The van der Waals surface area contributed by atoms with Crippen molar-refractivity contribution in [3.05, 3.63) is 68.4 Å². The molecule has 27 heavy (non-hydrogen) atoms. The Bertz CT molecular complexity index is 999. The van der Waals surface area contributed by atoms with Gasteiger partial charge in [-0.1, -0.05) is 11.6 Å². The van der Waals surface area contributed by atoms with Crippen LogP contribution in [0.2, 0.25) is 5.02 Å². The molecule has 8 nitrogen and oxygen atoms in total. The second-order valence-electron chi connectivity index (χ2n) is 5.37. The van der Waals surface area contributed by atoms with Gasteiger partial charge in [0, 0.05) is 23.8 Å². The van der Waals surface area contributed by atoms with Crippen molar-refractivity contribution in [2.45, 2.75) is 0 Å². The molecule has 0 aromatic heterocycles. The summed E-state index contributed by atoms with van der Waals surface area (Å²) >= 11 is 6.07. The lowest BCUT2D eigenvalue weighted by molar-refractivity contribution is -0.384. The maximum atomic E-state index is 12.2. The average molecular weight is 389 g/mol. The van der Waals surface area contributed by atoms with Crippen LogP contribution in [0, 0.1) is 10.1 Å². The van der Waals surface area contributed by atoms with E-state index in [-0.39, 0.29) is 27.9 Å². The zero-order valence-corrected chi connectivity index (χ0v) is 15.0. The number of ether oxygens (including phenoxy) is 3. The fourth-order valence-electron chi connectivity index (χ4n) is 2.40.